The summed E-state index contributed by atoms with van der Waals surface area (Å²) in [4.78, 5) is 0. The van der Waals surface area contributed by atoms with Crippen LogP contribution in [0.5, 0.6) is 0 Å². The summed E-state index contributed by atoms with van der Waals surface area (Å²) in [5.41, 5.74) is 8.94. The predicted octanol–water partition coefficient (Wildman–Crippen LogP) is 3.95. The molecule has 0 aromatic heterocycles. The van der Waals surface area contributed by atoms with Gasteiger partial charge in [-0.25, -0.2) is 0 Å². The number of rotatable bonds is 7. The first-order chi connectivity index (χ1) is 8.13. The third-order valence-corrected chi connectivity index (χ3v) is 3.42. The topological polar surface area (TPSA) is 26.0 Å². The van der Waals surface area contributed by atoms with Crippen LogP contribution < -0.4 is 5.73 Å². The lowest BCUT2D eigenvalue weighted by molar-refractivity contribution is 0.452. The van der Waals surface area contributed by atoms with Crippen LogP contribution in [0.1, 0.15) is 51.2 Å². The van der Waals surface area contributed by atoms with Gasteiger partial charge in [-0.1, -0.05) is 51.5 Å². The van der Waals surface area contributed by atoms with E-state index in [0.29, 0.717) is 12.0 Å². The molecule has 1 nitrogen and oxygen atoms in total. The Labute approximate surface area is 106 Å². The van der Waals surface area contributed by atoms with Crippen molar-refractivity contribution in [3.8, 4) is 0 Å². The lowest BCUT2D eigenvalue weighted by Crippen LogP contribution is -2.26. The predicted molar refractivity (Wildman–Crippen MR) is 76.2 cm³/mol. The van der Waals surface area contributed by atoms with Gasteiger partial charge < -0.3 is 5.73 Å². The number of aryl methyl sites for hydroxylation is 2. The zero-order valence-electron chi connectivity index (χ0n) is 11.6. The summed E-state index contributed by atoms with van der Waals surface area (Å²) < 4.78 is 0. The molecule has 0 aliphatic carbocycles. The Bertz CT molecular complexity index is 300. The molecule has 0 heterocycles. The molecule has 0 radical (unpaired) electrons. The Morgan fingerprint density at radius 3 is 2.00 bits per heavy atom. The molecule has 1 atom stereocenters. The first-order valence-corrected chi connectivity index (χ1v) is 6.97. The van der Waals surface area contributed by atoms with E-state index >= 15 is 0 Å². The van der Waals surface area contributed by atoms with Crippen molar-refractivity contribution in [3.05, 3.63) is 35.4 Å². The monoisotopic (exact) mass is 233 g/mol. The second-order valence-electron chi connectivity index (χ2n) is 5.37. The van der Waals surface area contributed by atoms with Gasteiger partial charge in [0.1, 0.15) is 0 Å². The molecule has 1 heteroatoms. The summed E-state index contributed by atoms with van der Waals surface area (Å²) >= 11 is 0. The highest BCUT2D eigenvalue weighted by Gasteiger charge is 2.06. The summed E-state index contributed by atoms with van der Waals surface area (Å²) in [5.74, 6) is 0.599. The van der Waals surface area contributed by atoms with Crippen molar-refractivity contribution in [2.45, 2.75) is 58.9 Å². The molecule has 0 bridgehead atoms. The maximum atomic E-state index is 6.04. The van der Waals surface area contributed by atoms with Crippen LogP contribution in [-0.4, -0.2) is 6.04 Å². The lowest BCUT2D eigenvalue weighted by Gasteiger charge is -2.15. The molecule has 0 aliphatic heterocycles. The van der Waals surface area contributed by atoms with Crippen LogP contribution >= 0.6 is 0 Å². The highest BCUT2D eigenvalue weighted by Crippen LogP contribution is 2.12. The molecule has 96 valence electrons. The zero-order valence-corrected chi connectivity index (χ0v) is 11.6. The van der Waals surface area contributed by atoms with Crippen LogP contribution in [0.15, 0.2) is 24.3 Å². The van der Waals surface area contributed by atoms with Gasteiger partial charge in [-0.15, -0.1) is 0 Å². The van der Waals surface area contributed by atoms with Crippen LogP contribution in [0.4, 0.5) is 0 Å². The molecule has 0 aliphatic rings. The number of hydrogen-bond acceptors (Lipinski definition) is 1. The van der Waals surface area contributed by atoms with Gasteiger partial charge in [0.05, 0.1) is 0 Å². The summed E-state index contributed by atoms with van der Waals surface area (Å²) in [6.45, 7) is 6.62. The summed E-state index contributed by atoms with van der Waals surface area (Å²) in [7, 11) is 0. The molecule has 1 rings (SSSR count). The SMILES string of the molecule is CCCc1ccc(CCCC(N)C(C)C)cc1. The van der Waals surface area contributed by atoms with E-state index < -0.39 is 0 Å². The third-order valence-electron chi connectivity index (χ3n) is 3.42. The smallest absolute Gasteiger partial charge is 0.00620 e. The van der Waals surface area contributed by atoms with Crippen molar-refractivity contribution in [3.63, 3.8) is 0 Å². The van der Waals surface area contributed by atoms with Crippen LogP contribution in [-0.2, 0) is 12.8 Å². The Morgan fingerprint density at radius 1 is 1.00 bits per heavy atom. The van der Waals surface area contributed by atoms with Crippen molar-refractivity contribution < 1.29 is 0 Å². The minimum atomic E-state index is 0.356. The second kappa shape index (κ2) is 7.50. The largest absolute Gasteiger partial charge is 0.327 e. The molecule has 17 heavy (non-hydrogen) atoms. The Kier molecular flexibility index (Phi) is 6.28. The molecule has 0 fully saturated rings. The summed E-state index contributed by atoms with van der Waals surface area (Å²) in [6, 6.07) is 9.43. The molecule has 0 saturated carbocycles. The van der Waals surface area contributed by atoms with Crippen molar-refractivity contribution in [1.29, 1.82) is 0 Å². The van der Waals surface area contributed by atoms with Gasteiger partial charge in [-0.05, 0) is 42.7 Å². The molecule has 1 aromatic rings. The first-order valence-electron chi connectivity index (χ1n) is 6.97. The number of nitrogens with two attached hydrogens (primary N) is 1. The van der Waals surface area contributed by atoms with Gasteiger partial charge in [0, 0.05) is 6.04 Å². The van der Waals surface area contributed by atoms with E-state index in [1.165, 1.54) is 30.4 Å². The fourth-order valence-corrected chi connectivity index (χ4v) is 2.04. The molecule has 0 spiro atoms. The Hall–Kier alpha value is -0.820. The summed E-state index contributed by atoms with van der Waals surface area (Å²) in [6.07, 6.45) is 5.91. The molecular weight excluding hydrogens is 206 g/mol. The van der Waals surface area contributed by atoms with Gasteiger partial charge in [0.2, 0.25) is 0 Å². The Balaban J connectivity index is 2.32. The lowest BCUT2D eigenvalue weighted by atomic mass is 9.97. The fourth-order valence-electron chi connectivity index (χ4n) is 2.04. The average molecular weight is 233 g/mol. The second-order valence-corrected chi connectivity index (χ2v) is 5.37. The van der Waals surface area contributed by atoms with E-state index in [-0.39, 0.29) is 0 Å². The third kappa shape index (κ3) is 5.36. The zero-order chi connectivity index (χ0) is 12.7. The molecule has 0 amide bonds. The van der Waals surface area contributed by atoms with Gasteiger partial charge in [-0.3, -0.25) is 0 Å². The van der Waals surface area contributed by atoms with Crippen molar-refractivity contribution in [1.82, 2.24) is 0 Å². The average Bonchev–Trinajstić information content (AvgIpc) is 2.31. The Morgan fingerprint density at radius 2 is 1.53 bits per heavy atom. The van der Waals surface area contributed by atoms with E-state index in [0.717, 1.165) is 12.8 Å². The quantitative estimate of drug-likeness (QED) is 0.758. The van der Waals surface area contributed by atoms with Gasteiger partial charge in [0.25, 0.3) is 0 Å². The normalized spacial score (nSPS) is 13.0. The minimum Gasteiger partial charge on any atom is -0.327 e. The van der Waals surface area contributed by atoms with Crippen LogP contribution in [0, 0.1) is 5.92 Å². The van der Waals surface area contributed by atoms with Crippen molar-refractivity contribution >= 4 is 0 Å². The van der Waals surface area contributed by atoms with Crippen molar-refractivity contribution in [2.75, 3.05) is 0 Å². The van der Waals surface area contributed by atoms with E-state index in [1.807, 2.05) is 0 Å². The molecule has 2 N–H and O–H groups in total. The van der Waals surface area contributed by atoms with Gasteiger partial charge >= 0.3 is 0 Å². The maximum absolute atomic E-state index is 6.04. The van der Waals surface area contributed by atoms with E-state index in [9.17, 15) is 0 Å². The maximum Gasteiger partial charge on any atom is 0.00620 e. The molecule has 0 saturated heterocycles. The van der Waals surface area contributed by atoms with Gasteiger partial charge in [-0.2, -0.15) is 0 Å². The fraction of sp³-hybridized carbons (Fsp3) is 0.625. The van der Waals surface area contributed by atoms with Crippen LogP contribution in [0.2, 0.25) is 0 Å². The standard InChI is InChI=1S/C16H27N/c1-4-6-14-9-11-15(12-10-14)7-5-8-16(17)13(2)3/h9-13,16H,4-8,17H2,1-3H3. The van der Waals surface area contributed by atoms with E-state index in [1.54, 1.807) is 0 Å². The first kappa shape index (κ1) is 14.2. The minimum absolute atomic E-state index is 0.356. The molecule has 1 unspecified atom stereocenters. The molecular formula is C16H27N. The van der Waals surface area contributed by atoms with Crippen molar-refractivity contribution in [2.24, 2.45) is 11.7 Å². The number of benzene rings is 1. The van der Waals surface area contributed by atoms with Crippen LogP contribution in [0.25, 0.3) is 0 Å². The number of hydrogen-bond donors (Lipinski definition) is 1. The van der Waals surface area contributed by atoms with Crippen LogP contribution in [0.3, 0.4) is 0 Å². The van der Waals surface area contributed by atoms with E-state index in [4.69, 9.17) is 5.73 Å². The van der Waals surface area contributed by atoms with Gasteiger partial charge in [0.15, 0.2) is 0 Å². The molecule has 1 aromatic carbocycles. The summed E-state index contributed by atoms with van der Waals surface area (Å²) in [5, 5.41) is 0. The highest BCUT2D eigenvalue weighted by molar-refractivity contribution is 5.22. The highest BCUT2D eigenvalue weighted by atomic mass is 14.6. The van der Waals surface area contributed by atoms with E-state index in [2.05, 4.69) is 45.0 Å².